The fourth-order valence-electron chi connectivity index (χ4n) is 5.52. The van der Waals surface area contributed by atoms with Gasteiger partial charge in [0.15, 0.2) is 23.8 Å². The molecule has 0 saturated carbocycles. The Balaban J connectivity index is 1.96. The van der Waals surface area contributed by atoms with Gasteiger partial charge in [0, 0.05) is 0 Å². The highest BCUT2D eigenvalue weighted by atomic mass is 32.2. The van der Waals surface area contributed by atoms with Gasteiger partial charge >= 0.3 is 32.7 Å². The quantitative estimate of drug-likeness (QED) is 0.258. The van der Waals surface area contributed by atoms with Crippen LogP contribution in [-0.4, -0.2) is 75.5 Å². The number of hydrogen-bond acceptors (Lipinski definition) is 11. The zero-order chi connectivity index (χ0) is 31.6. The average Bonchev–Trinajstić information content (AvgIpc) is 3.37. The lowest BCUT2D eigenvalue weighted by Crippen LogP contribution is -2.66. The number of nitrogens with zero attached hydrogens (tertiary/aromatic N) is 4. The van der Waals surface area contributed by atoms with Crippen LogP contribution in [0.15, 0.2) is 12.7 Å². The number of halogens is 3. The summed E-state index contributed by atoms with van der Waals surface area (Å²) in [5.74, 6) is -0.0363. The Morgan fingerprint density at radius 2 is 1.63 bits per heavy atom. The number of aromatic nitrogens is 4. The molecule has 4 atom stereocenters. The van der Waals surface area contributed by atoms with Crippen LogP contribution in [0.25, 0.3) is 11.2 Å². The maximum absolute atomic E-state index is 13.7. The van der Waals surface area contributed by atoms with E-state index in [2.05, 4.69) is 15.0 Å². The summed E-state index contributed by atoms with van der Waals surface area (Å²) in [5.41, 5.74) is -0.542. The Morgan fingerprint density at radius 1 is 1.05 bits per heavy atom. The highest BCUT2D eigenvalue weighted by Gasteiger charge is 2.63. The minimum absolute atomic E-state index is 0.00659. The summed E-state index contributed by atoms with van der Waals surface area (Å²) in [6.45, 7) is 15.2. The predicted molar refractivity (Wildman–Crippen MR) is 147 cm³/mol. The number of nitrogen functional groups attached to an aromatic ring is 1. The Kier molecular flexibility index (Phi) is 8.34. The molecule has 2 N–H and O–H groups in total. The van der Waals surface area contributed by atoms with Gasteiger partial charge in [-0.25, -0.2) is 15.0 Å². The molecule has 0 aromatic carbocycles. The first-order valence-electron chi connectivity index (χ1n) is 13.9. The highest BCUT2D eigenvalue weighted by molar-refractivity contribution is 7.87. The Labute approximate surface area is 241 Å². The van der Waals surface area contributed by atoms with Gasteiger partial charge in [0.1, 0.15) is 24.1 Å². The van der Waals surface area contributed by atoms with Gasteiger partial charge < -0.3 is 23.4 Å². The fraction of sp³-hybridized carbons (Fsp3) is 0.783. The van der Waals surface area contributed by atoms with Gasteiger partial charge in [-0.05, 0) is 22.2 Å². The van der Waals surface area contributed by atoms with Crippen LogP contribution in [0.1, 0.15) is 63.0 Å². The number of nitrogens with two attached hydrogens (primary N) is 1. The molecular weight excluding hydrogens is 604 g/mol. The molecule has 0 aliphatic carbocycles. The van der Waals surface area contributed by atoms with Crippen LogP contribution in [0.2, 0.25) is 22.2 Å². The third kappa shape index (κ3) is 5.45. The highest BCUT2D eigenvalue weighted by Crippen LogP contribution is 2.49. The molecule has 4 rings (SSSR count). The van der Waals surface area contributed by atoms with Crippen LogP contribution in [0, 0.1) is 0 Å². The summed E-state index contributed by atoms with van der Waals surface area (Å²) < 4.78 is 108. The first kappa shape index (κ1) is 30.8. The number of hydrogen-bond donors (Lipinski definition) is 1. The molecule has 0 spiro atoms. The summed E-state index contributed by atoms with van der Waals surface area (Å²) in [7, 11) is -13.0. The van der Waals surface area contributed by atoms with Crippen molar-refractivity contribution in [2.24, 2.45) is 0 Å². The molecule has 0 unspecified atom stereocenters. The smallest absolute Gasteiger partial charge is 0.414 e. The van der Waals surface area contributed by atoms with Crippen molar-refractivity contribution in [2.45, 2.75) is 108 Å². The van der Waals surface area contributed by atoms with E-state index in [-0.39, 0.29) is 45.8 Å². The zero-order valence-electron chi connectivity index (χ0n) is 25.2. The van der Waals surface area contributed by atoms with Crippen molar-refractivity contribution in [3.63, 3.8) is 0 Å². The van der Waals surface area contributed by atoms with Gasteiger partial charge in [-0.3, -0.25) is 8.75 Å². The third-order valence-corrected chi connectivity index (χ3v) is 18.8. The van der Waals surface area contributed by atoms with Crippen molar-refractivity contribution in [2.75, 3.05) is 12.3 Å². The minimum atomic E-state index is -6.32. The number of alkyl halides is 3. The molecule has 18 heteroatoms. The monoisotopic (exact) mass is 642 g/mol. The number of imidazole rings is 1. The van der Waals surface area contributed by atoms with Gasteiger partial charge in [0.2, 0.25) is 0 Å². The van der Waals surface area contributed by atoms with Gasteiger partial charge in [-0.2, -0.15) is 21.6 Å². The lowest BCUT2D eigenvalue weighted by Gasteiger charge is -2.51. The zero-order valence-corrected chi connectivity index (χ0v) is 27.0. The maximum Gasteiger partial charge on any atom is 0.523 e. The number of rotatable bonds is 7. The Hall–Kier alpha value is -1.68. The van der Waals surface area contributed by atoms with Crippen LogP contribution >= 0.6 is 0 Å². The largest absolute Gasteiger partial charge is 0.523 e. The maximum atomic E-state index is 13.7. The molecule has 4 heterocycles. The summed E-state index contributed by atoms with van der Waals surface area (Å²) in [4.78, 5) is 12.1. The Morgan fingerprint density at radius 3 is 2.17 bits per heavy atom. The molecule has 2 aromatic rings. The van der Waals surface area contributed by atoms with Crippen LogP contribution < -0.4 is 5.73 Å². The van der Waals surface area contributed by atoms with Gasteiger partial charge in [-0.15, -0.1) is 0 Å². The van der Waals surface area contributed by atoms with E-state index in [4.69, 9.17) is 27.6 Å². The van der Waals surface area contributed by atoms with Gasteiger partial charge in [0.05, 0.1) is 14.3 Å². The molecule has 0 radical (unpaired) electrons. The fourth-order valence-corrected chi connectivity index (χ4v) is 17.2. The molecule has 2 fully saturated rings. The second kappa shape index (κ2) is 11.1. The average molecular weight is 643 g/mol. The second-order valence-electron chi connectivity index (χ2n) is 11.5. The minimum Gasteiger partial charge on any atom is -0.414 e. The lowest BCUT2D eigenvalue weighted by molar-refractivity contribution is -0.0694. The molecule has 232 valence electrons. The van der Waals surface area contributed by atoms with Gasteiger partial charge in [-0.1, -0.05) is 55.4 Å². The van der Waals surface area contributed by atoms with Crippen LogP contribution in [0.3, 0.4) is 0 Å². The molecule has 12 nitrogen and oxygen atoms in total. The van der Waals surface area contributed by atoms with Crippen molar-refractivity contribution < 1.29 is 44.8 Å². The van der Waals surface area contributed by atoms with Crippen molar-refractivity contribution in [1.29, 1.82) is 0 Å². The van der Waals surface area contributed by atoms with E-state index < -0.39 is 57.3 Å². The topological polar surface area (TPSA) is 150 Å². The summed E-state index contributed by atoms with van der Waals surface area (Å²) in [6, 6.07) is 0. The molecule has 2 aliphatic rings. The van der Waals surface area contributed by atoms with E-state index in [0.29, 0.717) is 0 Å². The molecule has 2 saturated heterocycles. The van der Waals surface area contributed by atoms with Crippen LogP contribution in [0.5, 0.6) is 0 Å². The first-order chi connectivity index (χ1) is 19.2. The summed E-state index contributed by atoms with van der Waals surface area (Å²) in [5, 5.41) is 0. The molecule has 0 bridgehead atoms. The van der Waals surface area contributed by atoms with Crippen molar-refractivity contribution >= 4 is 44.2 Å². The van der Waals surface area contributed by atoms with Crippen molar-refractivity contribution in [3.8, 4) is 0 Å². The van der Waals surface area contributed by atoms with E-state index in [0.717, 1.165) is 17.2 Å². The number of fused-ring (bicyclic) bond motifs is 2. The van der Waals surface area contributed by atoms with E-state index in [1.54, 1.807) is 0 Å². The lowest BCUT2D eigenvalue weighted by atomic mass is 10.1. The molecule has 2 aliphatic heterocycles. The van der Waals surface area contributed by atoms with E-state index >= 15 is 0 Å². The molecular formula is C23H38F3N5O7SSi2. The second-order valence-corrected chi connectivity index (χ2v) is 21.9. The first-order valence-corrected chi connectivity index (χ1v) is 18.7. The summed E-state index contributed by atoms with van der Waals surface area (Å²) >= 11 is 0. The summed E-state index contributed by atoms with van der Waals surface area (Å²) in [6.07, 6.45) is -5.52. The predicted octanol–water partition coefficient (Wildman–Crippen LogP) is 4.50. The number of anilines is 1. The van der Waals surface area contributed by atoms with E-state index in [9.17, 15) is 23.0 Å². The van der Waals surface area contributed by atoms with Crippen molar-refractivity contribution in [3.05, 3.63) is 12.7 Å². The van der Waals surface area contributed by atoms with Crippen LogP contribution in [-0.2, 0) is 32.0 Å². The van der Waals surface area contributed by atoms with Crippen LogP contribution in [0.4, 0.5) is 19.0 Å². The van der Waals surface area contributed by atoms with E-state index in [1.165, 1.54) is 0 Å². The number of ether oxygens (including phenoxy) is 1. The normalized spacial score (nSPS) is 29.2. The molecule has 0 amide bonds. The standard InChI is InChI=1S/C23H38F3N5O7SSi2/c1-12(2)40(13(3)4)34-9-16-18(37-41(38-40,14(5)6)15(7)8)19(36-39(32,33)23(24,25)26)22(35-16)31-11-30-17-20(27)28-10-29-21(17)31/h10-16,18-19,22H,9H2,1-8H3,(H2,27,28,29)/t16-,18-,19+,22-/m1/s1/i19D. The Bertz CT molecular complexity index is 1400. The molecule has 2 aromatic heterocycles. The van der Waals surface area contributed by atoms with Crippen molar-refractivity contribution in [1.82, 2.24) is 19.5 Å². The molecule has 41 heavy (non-hydrogen) atoms. The van der Waals surface area contributed by atoms with Gasteiger partial charge in [0.25, 0.3) is 0 Å². The third-order valence-electron chi connectivity index (χ3n) is 7.62. The van der Waals surface area contributed by atoms with E-state index in [1.807, 2.05) is 55.4 Å². The SMILES string of the molecule is [2H][C@]1(OS(=O)(=O)C(F)(F)F)[C@@H]2O[Si](C(C)C)(C(C)C)O[Si](C(C)C)(C(C)C)OC[C@H]2O[C@H]1n1cnc2c(N)ncnc21.